The highest BCUT2D eigenvalue weighted by Crippen LogP contribution is 2.36. The molecular weight excluding hydrogens is 481 g/mol. The minimum Gasteiger partial charge on any atom is -0.462 e. The summed E-state index contributed by atoms with van der Waals surface area (Å²) in [4.78, 5) is 27.5. The zero-order valence-corrected chi connectivity index (χ0v) is 22.0. The van der Waals surface area contributed by atoms with Gasteiger partial charge in [0.15, 0.2) is 19.8 Å². The lowest BCUT2D eigenvalue weighted by molar-refractivity contribution is -0.148. The number of esters is 1. The number of anilines is 1. The van der Waals surface area contributed by atoms with Gasteiger partial charge in [-0.05, 0) is 39.8 Å². The Kier molecular flexibility index (Phi) is 8.68. The first-order chi connectivity index (χ1) is 17.3. The molecule has 3 unspecified atom stereocenters. The minimum atomic E-state index is -1.32. The number of carbonyl (C=O) groups is 1. The quantitative estimate of drug-likeness (QED) is 0.199. The molecule has 36 heavy (non-hydrogen) atoms. The smallest absolute Gasteiger partial charge is 0.323 e. The molecule has 2 aromatic heterocycles. The highest BCUT2D eigenvalue weighted by Gasteiger charge is 2.34. The highest BCUT2D eigenvalue weighted by molar-refractivity contribution is 7.50. The molecule has 1 aromatic carbocycles. The van der Waals surface area contributed by atoms with Crippen LogP contribution in [0, 0.1) is 0 Å². The van der Waals surface area contributed by atoms with Crippen molar-refractivity contribution in [2.75, 3.05) is 25.2 Å². The highest BCUT2D eigenvalue weighted by atomic mass is 31.2. The van der Waals surface area contributed by atoms with Crippen LogP contribution in [0.5, 0.6) is 5.75 Å². The molecule has 4 rings (SSSR count). The lowest BCUT2D eigenvalue weighted by atomic mass is 10.2. The Morgan fingerprint density at radius 2 is 1.89 bits per heavy atom. The second kappa shape index (κ2) is 11.9. The van der Waals surface area contributed by atoms with E-state index in [0.29, 0.717) is 35.6 Å². The molecule has 0 aliphatic carbocycles. The Morgan fingerprint density at radius 3 is 2.58 bits per heavy atom. The number of hydrogen-bond donors (Lipinski definition) is 2. The number of hydrogen-bond acceptors (Lipinski definition) is 10. The van der Waals surface area contributed by atoms with Crippen LogP contribution in [-0.2, 0) is 20.8 Å². The summed E-state index contributed by atoms with van der Waals surface area (Å²) in [6.45, 7) is 10.1. The molecule has 0 amide bonds. The summed E-state index contributed by atoms with van der Waals surface area (Å²) in [5.41, 5.74) is 7.25. The standard InChI is InChI=1S/C24H34N7O4P/c1-16(2)34-24(32)17(3)29-36(35-19-8-6-5-7-9-19)15-33-18(4)20(30-10-11-30)12-31-14-28-21-22(25)26-13-27-23(21)31/h5-9,13-14,16-18,20,29H,10-12,15H2,1-4H3,(H2,25,26,27)/t17?,18-,20?,36?/m1/s1. The summed E-state index contributed by atoms with van der Waals surface area (Å²) < 4.78 is 19.9. The molecule has 11 nitrogen and oxygen atoms in total. The first-order valence-corrected chi connectivity index (χ1v) is 13.5. The fourth-order valence-corrected chi connectivity index (χ4v) is 5.25. The molecule has 0 radical (unpaired) electrons. The number of nitrogens with two attached hydrogens (primary N) is 1. The number of fused-ring (bicyclic) bond motifs is 1. The maximum atomic E-state index is 12.4. The zero-order valence-electron chi connectivity index (χ0n) is 21.1. The Labute approximate surface area is 212 Å². The van der Waals surface area contributed by atoms with E-state index in [1.807, 2.05) is 48.7 Å². The summed E-state index contributed by atoms with van der Waals surface area (Å²) in [6, 6.07) is 9.08. The molecule has 0 bridgehead atoms. The van der Waals surface area contributed by atoms with Crippen LogP contribution in [-0.4, -0.2) is 74.1 Å². The van der Waals surface area contributed by atoms with E-state index < -0.39 is 14.3 Å². The average Bonchev–Trinajstić information content (AvgIpc) is 3.61. The largest absolute Gasteiger partial charge is 0.462 e. The van der Waals surface area contributed by atoms with Crippen molar-refractivity contribution in [1.29, 1.82) is 0 Å². The maximum Gasteiger partial charge on any atom is 0.323 e. The van der Waals surface area contributed by atoms with Gasteiger partial charge in [0, 0.05) is 19.6 Å². The van der Waals surface area contributed by atoms with Gasteiger partial charge in [0.2, 0.25) is 0 Å². The summed E-state index contributed by atoms with van der Waals surface area (Å²) in [7, 11) is -1.32. The van der Waals surface area contributed by atoms with E-state index in [4.69, 9.17) is 19.7 Å². The average molecular weight is 516 g/mol. The number of nitrogen functional groups attached to an aromatic ring is 1. The van der Waals surface area contributed by atoms with E-state index in [1.165, 1.54) is 6.33 Å². The predicted octanol–water partition coefficient (Wildman–Crippen LogP) is 2.78. The van der Waals surface area contributed by atoms with Gasteiger partial charge in [-0.3, -0.25) is 9.69 Å². The van der Waals surface area contributed by atoms with Crippen LogP contribution < -0.4 is 15.3 Å². The van der Waals surface area contributed by atoms with E-state index in [1.54, 1.807) is 13.3 Å². The molecular formula is C24H34N7O4P. The van der Waals surface area contributed by atoms with Crippen molar-refractivity contribution in [1.82, 2.24) is 29.5 Å². The van der Waals surface area contributed by atoms with Crippen molar-refractivity contribution in [3.63, 3.8) is 0 Å². The monoisotopic (exact) mass is 515 g/mol. The Balaban J connectivity index is 1.42. The molecule has 4 atom stereocenters. The molecule has 0 spiro atoms. The number of carbonyl (C=O) groups excluding carboxylic acids is 1. The molecule has 1 aliphatic heterocycles. The van der Waals surface area contributed by atoms with Gasteiger partial charge in [-0.25, -0.2) is 20.0 Å². The second-order valence-electron chi connectivity index (χ2n) is 9.05. The molecule has 0 saturated carbocycles. The SMILES string of the molecule is CC(C)OC(=O)C(C)NP(CO[C@H](C)C(Cn1cnc2c(N)ncnc21)N1CC1)Oc1ccccc1. The summed E-state index contributed by atoms with van der Waals surface area (Å²) in [6.07, 6.45) is 3.19. The molecule has 1 fully saturated rings. The first-order valence-electron chi connectivity index (χ1n) is 12.1. The fourth-order valence-electron chi connectivity index (χ4n) is 3.78. The maximum absolute atomic E-state index is 12.4. The number of ether oxygens (including phenoxy) is 2. The molecule has 3 N–H and O–H groups in total. The van der Waals surface area contributed by atoms with Gasteiger partial charge in [-0.2, -0.15) is 0 Å². The number of nitrogens with one attached hydrogen (secondary N) is 1. The van der Waals surface area contributed by atoms with Crippen LogP contribution in [0.3, 0.4) is 0 Å². The molecule has 1 saturated heterocycles. The third-order valence-corrected chi connectivity index (χ3v) is 7.25. The predicted molar refractivity (Wildman–Crippen MR) is 138 cm³/mol. The van der Waals surface area contributed by atoms with E-state index in [0.717, 1.165) is 13.1 Å². The summed E-state index contributed by atoms with van der Waals surface area (Å²) in [5.74, 6) is 0.755. The molecule has 1 aliphatic rings. The van der Waals surface area contributed by atoms with Crippen molar-refractivity contribution in [2.24, 2.45) is 0 Å². The van der Waals surface area contributed by atoms with Crippen LogP contribution in [0.4, 0.5) is 5.82 Å². The van der Waals surface area contributed by atoms with Crippen LogP contribution in [0.15, 0.2) is 43.0 Å². The number of benzene rings is 1. The Bertz CT molecular complexity index is 1140. The van der Waals surface area contributed by atoms with E-state index in [2.05, 4.69) is 31.9 Å². The van der Waals surface area contributed by atoms with Gasteiger partial charge in [-0.1, -0.05) is 18.2 Å². The van der Waals surface area contributed by atoms with Crippen LogP contribution in [0.1, 0.15) is 27.7 Å². The third-order valence-electron chi connectivity index (χ3n) is 5.76. The van der Waals surface area contributed by atoms with E-state index in [9.17, 15) is 4.79 Å². The third kappa shape index (κ3) is 6.88. The van der Waals surface area contributed by atoms with Gasteiger partial charge >= 0.3 is 5.97 Å². The van der Waals surface area contributed by atoms with Gasteiger partial charge in [-0.15, -0.1) is 0 Å². The number of rotatable bonds is 13. The topological polar surface area (TPSA) is 129 Å². The number of imidazole rings is 1. The van der Waals surface area contributed by atoms with Crippen LogP contribution >= 0.6 is 8.30 Å². The number of aromatic nitrogens is 4. The molecule has 12 heteroatoms. The van der Waals surface area contributed by atoms with Crippen molar-refractivity contribution >= 4 is 31.3 Å². The fraction of sp³-hybridized carbons (Fsp3) is 0.500. The summed E-state index contributed by atoms with van der Waals surface area (Å²) >= 11 is 0. The minimum absolute atomic E-state index is 0.107. The van der Waals surface area contributed by atoms with Gasteiger partial charge < -0.3 is 24.3 Å². The van der Waals surface area contributed by atoms with Crippen molar-refractivity contribution in [3.8, 4) is 5.75 Å². The molecule has 194 valence electrons. The molecule has 3 aromatic rings. The van der Waals surface area contributed by atoms with E-state index in [-0.39, 0.29) is 24.2 Å². The van der Waals surface area contributed by atoms with Gasteiger partial charge in [0.05, 0.1) is 24.6 Å². The van der Waals surface area contributed by atoms with Crippen LogP contribution in [0.2, 0.25) is 0 Å². The molecule has 3 heterocycles. The second-order valence-corrected chi connectivity index (χ2v) is 10.5. The van der Waals surface area contributed by atoms with Gasteiger partial charge in [0.1, 0.15) is 30.0 Å². The van der Waals surface area contributed by atoms with Crippen molar-refractivity contribution in [2.45, 2.75) is 58.5 Å². The van der Waals surface area contributed by atoms with Crippen molar-refractivity contribution in [3.05, 3.63) is 43.0 Å². The van der Waals surface area contributed by atoms with Crippen molar-refractivity contribution < 1.29 is 18.8 Å². The lowest BCUT2D eigenvalue weighted by Gasteiger charge is -2.29. The lowest BCUT2D eigenvalue weighted by Crippen LogP contribution is -2.39. The Morgan fingerprint density at radius 1 is 1.14 bits per heavy atom. The normalized spacial score (nSPS) is 17.0. The number of para-hydroxylation sites is 1. The zero-order chi connectivity index (χ0) is 25.7. The Hall–Kier alpha value is -2.85. The first kappa shape index (κ1) is 26.2. The van der Waals surface area contributed by atoms with E-state index >= 15 is 0 Å². The number of nitrogens with zero attached hydrogens (tertiary/aromatic N) is 5. The van der Waals surface area contributed by atoms with Crippen LogP contribution in [0.25, 0.3) is 11.2 Å². The summed E-state index contributed by atoms with van der Waals surface area (Å²) in [5, 5.41) is 3.27. The van der Waals surface area contributed by atoms with Gasteiger partial charge in [0.25, 0.3) is 0 Å².